The number of aliphatic hydroxyl groups is 10. The molecule has 0 bridgehead atoms. The van der Waals surface area contributed by atoms with Gasteiger partial charge >= 0.3 is 54.0 Å². The number of likely N-dealkylation sites (N-methyl/N-ethyl adjacent to an activating group) is 2. The van der Waals surface area contributed by atoms with E-state index in [4.69, 9.17) is 53.9 Å². The van der Waals surface area contributed by atoms with Gasteiger partial charge in [0.2, 0.25) is 0 Å². The molecule has 12 rings (SSSR count). The molecule has 4 aromatic rings. The van der Waals surface area contributed by atoms with Gasteiger partial charge in [0.05, 0.1) is 63.1 Å². The molecule has 38 atom stereocenters. The van der Waals surface area contributed by atoms with E-state index in [1.165, 1.54) is 33.2 Å². The zero-order valence-electron chi connectivity index (χ0n) is 74.9. The number of ether oxygens (including phenoxy) is 8. The summed E-state index contributed by atoms with van der Waals surface area (Å²) in [5.41, 5.74) is 5.61. The molecule has 0 spiro atoms. The van der Waals surface area contributed by atoms with Crippen molar-refractivity contribution in [3.05, 3.63) is 131 Å². The van der Waals surface area contributed by atoms with Crippen LogP contribution in [0.4, 0.5) is 0 Å². The second-order valence-corrected chi connectivity index (χ2v) is 44.9. The molecule has 8 aliphatic heterocycles. The molecular weight excluding hydrogens is 2120 g/mol. The van der Waals surface area contributed by atoms with Crippen molar-refractivity contribution in [3.63, 3.8) is 0 Å². The topological polar surface area (TPSA) is 975 Å². The minimum absolute atomic E-state index is 0. The Kier molecular flexibility index (Phi) is 47.6. The summed E-state index contributed by atoms with van der Waals surface area (Å²) in [4.78, 5) is 192. The predicted molar refractivity (Wildman–Crippen MR) is 476 cm³/mol. The molecule has 0 saturated carbocycles. The van der Waals surface area contributed by atoms with Crippen molar-refractivity contribution in [1.82, 2.24) is 48.0 Å². The van der Waals surface area contributed by atoms with Gasteiger partial charge in [0.1, 0.15) is 85.7 Å². The van der Waals surface area contributed by atoms with Crippen LogP contribution in [0.15, 0.2) is 75.3 Å². The summed E-state index contributed by atoms with van der Waals surface area (Å²) < 4.78 is 196. The van der Waals surface area contributed by atoms with E-state index in [-0.39, 0.29) is 66.5 Å². The van der Waals surface area contributed by atoms with Crippen molar-refractivity contribution < 1.29 is 218 Å². The minimum atomic E-state index is -5.59. The minimum Gasteiger partial charge on any atom is -0.756 e. The predicted octanol–water partition coefficient (Wildman–Crippen LogP) is -7.18. The second-order valence-electron chi connectivity index (χ2n) is 33.1. The molecule has 8 saturated heterocycles. The van der Waals surface area contributed by atoms with E-state index >= 15 is 0 Å². The number of phosphoric acid groups is 8. The Bertz CT molecular complexity index is 5810. The van der Waals surface area contributed by atoms with Gasteiger partial charge in [-0.25, -0.2) is 54.7 Å². The molecular formula is C70H124N12O54P8-4. The number of aromatic amines is 4. The Balaban J connectivity index is 0.000000335. The number of hydrogen-bond donors (Lipinski definition) is 20. The first kappa shape index (κ1) is 129. The van der Waals surface area contributed by atoms with Crippen LogP contribution in [-0.4, -0.2) is 332 Å². The lowest BCUT2D eigenvalue weighted by Gasteiger charge is -2.42. The van der Waals surface area contributed by atoms with Crippen LogP contribution in [0.5, 0.6) is 0 Å². The molecule has 4 aromatic heterocycles. The molecule has 66 nitrogen and oxygen atoms in total. The number of aliphatic hydroxyl groups excluding tert-OH is 10. The van der Waals surface area contributed by atoms with Crippen LogP contribution in [0.2, 0.25) is 0 Å². The van der Waals surface area contributed by atoms with Crippen molar-refractivity contribution in [2.24, 2.45) is 11.5 Å². The number of phosphoric ester groups is 8. The highest BCUT2D eigenvalue weighted by Crippen LogP contribution is 2.63. The maximum atomic E-state index is 12.3. The van der Waals surface area contributed by atoms with Gasteiger partial charge < -0.3 is 149 Å². The summed E-state index contributed by atoms with van der Waals surface area (Å²) in [7, 11) is -37.0. The molecule has 832 valence electrons. The van der Waals surface area contributed by atoms with Crippen LogP contribution in [0.3, 0.4) is 0 Å². The first-order chi connectivity index (χ1) is 64.5. The van der Waals surface area contributed by atoms with E-state index in [9.17, 15) is 165 Å². The Morgan fingerprint density at radius 3 is 0.896 bits per heavy atom. The third-order valence-corrected chi connectivity index (χ3v) is 31.8. The second kappa shape index (κ2) is 53.0. The van der Waals surface area contributed by atoms with E-state index in [0.717, 1.165) is 42.8 Å². The molecule has 0 aromatic carbocycles. The van der Waals surface area contributed by atoms with Gasteiger partial charge in [-0.15, -0.1) is 0 Å². The number of aryl methyl sites for hydroxylation is 2. The van der Waals surface area contributed by atoms with Gasteiger partial charge in [0.25, 0.3) is 53.5 Å². The maximum Gasteiger partial charge on any atom is 0.478 e. The van der Waals surface area contributed by atoms with E-state index < -0.39 is 318 Å². The number of nitrogens with one attached hydrogen (secondary N) is 4. The lowest BCUT2D eigenvalue weighted by molar-refractivity contribution is -0.271. The number of nitrogens with two attached hydrogens (primary N) is 2. The van der Waals surface area contributed by atoms with E-state index in [0.29, 0.717) is 12.8 Å². The number of H-pyrrole nitrogens is 4. The Labute approximate surface area is 816 Å². The first-order valence-electron chi connectivity index (χ1n) is 41.4. The monoisotopic (exact) mass is 2240 g/mol. The Morgan fingerprint density at radius 2 is 0.625 bits per heavy atom. The average Bonchev–Trinajstić information content (AvgIpc) is 1.60. The summed E-state index contributed by atoms with van der Waals surface area (Å²) in [5, 5.41) is 101. The van der Waals surface area contributed by atoms with Gasteiger partial charge in [-0.2, -0.15) is 0 Å². The van der Waals surface area contributed by atoms with Crippen LogP contribution >= 0.6 is 62.6 Å². The van der Waals surface area contributed by atoms with Gasteiger partial charge in [0, 0.05) is 85.1 Å². The van der Waals surface area contributed by atoms with Crippen LogP contribution < -0.4 is 76.0 Å². The SMILES string of the molecule is C.C.C.C.CC1C[C@H](N(C)C)C(O)[C@@H](OP(=O)([O-])OP(=O)(O)OC[C@H]2O[C@@H](n3ccc(=O)[nH]c3=O)C(O)[C@H]2O)O1.CC1C[C@H](N)C(O)[C@@H](OP(=O)([O-])OP(=O)(O)OC[C@H]2O[C@@H](n3ccc(=O)[nH]c3=O)C(O)[C@H]2O)O1.Cc1cn([C@H]2C[C@@H](O)[C@@H](COP(=O)(O)OP(=O)([O-])O[C@H]3OC(C)C[C@H](N(C)C)C3O)O2)c(=O)[nH]c1=O.Cc1cn([C@H]2C[C@@H](O)[C@@H](COP(=O)(O)OP(=O)([O-])O[C@H]3OC(C)C[C@H](N)C3O)O2)c(=O)[nH]c1=O. The van der Waals surface area contributed by atoms with Gasteiger partial charge in [-0.3, -0.25) is 112 Å². The zero-order valence-corrected chi connectivity index (χ0v) is 82.0. The van der Waals surface area contributed by atoms with E-state index in [1.807, 2.05) is 9.97 Å². The highest BCUT2D eigenvalue weighted by atomic mass is 31.3. The smallest absolute Gasteiger partial charge is 0.478 e. The highest BCUT2D eigenvalue weighted by Gasteiger charge is 2.52. The molecule has 74 heteroatoms. The van der Waals surface area contributed by atoms with Crippen LogP contribution in [-0.2, 0) is 128 Å². The Morgan fingerprint density at radius 1 is 0.368 bits per heavy atom. The van der Waals surface area contributed by atoms with Crippen molar-refractivity contribution in [2.75, 3.05) is 54.6 Å². The van der Waals surface area contributed by atoms with Gasteiger partial charge in [0.15, 0.2) is 37.6 Å². The van der Waals surface area contributed by atoms with E-state index in [2.05, 4.69) is 58.9 Å². The quantitative estimate of drug-likeness (QED) is 0.0193. The zero-order chi connectivity index (χ0) is 105. The lowest BCUT2D eigenvalue weighted by atomic mass is 9.99. The standard InChI is InChI=1S/C18H31N3O13P2.C17H29N3O14P2.C16H27N3O13P2.C15H25N3O14P2.4CH4/c1-9-7-21(18(25)19-16(9)24)14-6-12(22)13(32-14)8-30-35(26,27)34-36(28,29)33-17-15(23)11(20(3)4)5-10(2)31-17;1-8-6-9(19(2)3)12(22)16(31-8)33-36(28,29)34-35(26,27)30-7-10-13(23)14(24)15(32-10)20-5-4-11(21)18-17(20)25;1-7-5-19(16(23)18-14(7)22)12-4-10(20)11(30-12)6-28-33(24,25)32-34(26,27)31-15-13(21)9(17)3-8(2)29-15;1-6-4-7(16)10(20)14(29-6)31-34(26,27)32-33(24,25)28-5-8-11(21)12(22)13(30-8)18-3-2-9(19)17-15(18)23;;;;/h7,10-15,17,22-23H,5-6,8H2,1-4H3,(H,26,27)(H,28,29)(H,19,24,25);4-5,8-10,12-16,22-24H,6-7H2,1-3H3,(H,26,27)(H,28,29)(H,18,21,25);5,8-13,15,20-21H,3-4,6,17H2,1-2H3,(H,24,25)(H,26,27)(H,18,22,23);2-3,6-8,10-14,20-22H,4-5,16H2,1H3,(H,24,25)(H,26,27)(H,17,19,23);4*1H4/p-4/t10?,11-,12+,13+,14+,15?,17+;8?,9-,10+,12?,13-,14?,15+,16+;8?,9-,10+,11+,12+,13?,15+;6?,7-,8+,10?,11-,12?,13+,14+;;;;/m0000..../s1. The summed E-state index contributed by atoms with van der Waals surface area (Å²) in [6.45, 7) is 5.75. The molecule has 144 heavy (non-hydrogen) atoms. The molecule has 0 amide bonds. The summed E-state index contributed by atoms with van der Waals surface area (Å²) in [6, 6.07) is -0.880. The molecule has 12 heterocycles. The van der Waals surface area contributed by atoms with Gasteiger partial charge in [-0.05, 0) is 95.4 Å². The van der Waals surface area contributed by atoms with Crippen LogP contribution in [0.25, 0.3) is 0 Å². The molecule has 8 aliphatic rings. The first-order valence-corrected chi connectivity index (χ1v) is 53.2. The van der Waals surface area contributed by atoms with E-state index in [1.54, 1.807) is 58.8 Å². The van der Waals surface area contributed by atoms with Crippen LogP contribution in [0, 0.1) is 13.8 Å². The molecule has 8 fully saturated rings. The van der Waals surface area contributed by atoms with Crippen molar-refractivity contribution in [3.8, 4) is 0 Å². The largest absolute Gasteiger partial charge is 0.756 e. The van der Waals surface area contributed by atoms with Crippen molar-refractivity contribution in [1.29, 1.82) is 0 Å². The number of rotatable bonds is 34. The van der Waals surface area contributed by atoms with Crippen molar-refractivity contribution in [2.45, 2.75) is 294 Å². The number of hydrogen-bond acceptors (Lipinski definition) is 54. The Hall–Kier alpha value is -5.12. The lowest BCUT2D eigenvalue weighted by Crippen LogP contribution is -2.54. The molecule has 0 aliphatic carbocycles. The van der Waals surface area contributed by atoms with Crippen LogP contribution in [0.1, 0.15) is 132 Å². The summed E-state index contributed by atoms with van der Waals surface area (Å²) in [5.74, 6) is 0. The highest BCUT2D eigenvalue weighted by molar-refractivity contribution is 7.62. The normalized spacial score (nSPS) is 35.0. The fourth-order valence-electron chi connectivity index (χ4n) is 14.6. The van der Waals surface area contributed by atoms with Crippen molar-refractivity contribution >= 4 is 62.6 Å². The fraction of sp³-hybridized carbons (Fsp3) is 0.771. The molecule has 18 unspecified atom stereocenters. The molecule has 22 N–H and O–H groups in total. The summed E-state index contributed by atoms with van der Waals surface area (Å²) >= 11 is 0. The summed E-state index contributed by atoms with van der Waals surface area (Å²) in [6.07, 6.45) is -29.7. The van der Waals surface area contributed by atoms with Gasteiger partial charge in [-0.1, -0.05) is 29.7 Å². The average molecular weight is 2250 g/mol. The molecule has 0 radical (unpaired) electrons. The number of aromatic nitrogens is 8. The third kappa shape index (κ3) is 36.0. The third-order valence-electron chi connectivity index (χ3n) is 21.5. The number of nitrogens with zero attached hydrogens (tertiary/aromatic N) is 6. The fourth-order valence-corrected chi connectivity index (χ4v) is 23.1. The maximum absolute atomic E-state index is 12.3.